The molecule has 0 unspecified atom stereocenters. The zero-order valence-electron chi connectivity index (χ0n) is 16.9. The molecule has 29 heavy (non-hydrogen) atoms. The number of aryl methyl sites for hydroxylation is 1. The molecule has 4 rings (SSSR count). The minimum absolute atomic E-state index is 0.0673. The van der Waals surface area contributed by atoms with Crippen LogP contribution in [-0.4, -0.2) is 64.5 Å². The second-order valence-corrected chi connectivity index (χ2v) is 7.39. The first kappa shape index (κ1) is 19.6. The van der Waals surface area contributed by atoms with E-state index in [1.807, 2.05) is 35.8 Å². The standard InChI is InChI=1S/C21H27N5O3/c1-3-17(20(27)22-8-9-25-10-12-29-13-11-25)26-18-7-5-4-6-15(18)16-14-23-24(2)21(28)19(16)26/h4-7,14,17H,3,8-13H2,1-2H3,(H,22,27)/t17-/m1/s1. The average Bonchev–Trinajstić information content (AvgIpc) is 3.07. The molecule has 0 aliphatic carbocycles. The Kier molecular flexibility index (Phi) is 5.64. The van der Waals surface area contributed by atoms with Crippen LogP contribution in [0.5, 0.6) is 0 Å². The molecular formula is C21H27N5O3. The lowest BCUT2D eigenvalue weighted by Crippen LogP contribution is -2.42. The first-order chi connectivity index (χ1) is 14.1. The minimum atomic E-state index is -0.461. The molecule has 1 saturated heterocycles. The molecule has 1 aliphatic rings. The molecule has 1 aliphatic heterocycles. The van der Waals surface area contributed by atoms with E-state index < -0.39 is 6.04 Å². The number of carbonyl (C=O) groups excluding carboxylic acids is 1. The van der Waals surface area contributed by atoms with Crippen LogP contribution in [0.15, 0.2) is 35.3 Å². The molecule has 154 valence electrons. The predicted molar refractivity (Wildman–Crippen MR) is 112 cm³/mol. The van der Waals surface area contributed by atoms with E-state index in [2.05, 4.69) is 15.3 Å². The molecule has 3 heterocycles. The first-order valence-corrected chi connectivity index (χ1v) is 10.1. The average molecular weight is 397 g/mol. The van der Waals surface area contributed by atoms with E-state index >= 15 is 0 Å². The third-order valence-electron chi connectivity index (χ3n) is 5.64. The molecule has 1 N–H and O–H groups in total. The van der Waals surface area contributed by atoms with Crippen molar-refractivity contribution in [3.63, 3.8) is 0 Å². The summed E-state index contributed by atoms with van der Waals surface area (Å²) in [5.74, 6) is -0.0673. The van der Waals surface area contributed by atoms with Crippen LogP contribution >= 0.6 is 0 Å². The second kappa shape index (κ2) is 8.34. The summed E-state index contributed by atoms with van der Waals surface area (Å²) >= 11 is 0. The monoisotopic (exact) mass is 397 g/mol. The van der Waals surface area contributed by atoms with Crippen molar-refractivity contribution in [1.29, 1.82) is 0 Å². The Hall–Kier alpha value is -2.71. The maximum Gasteiger partial charge on any atom is 0.291 e. The van der Waals surface area contributed by atoms with Crippen LogP contribution in [0.3, 0.4) is 0 Å². The normalized spacial score (nSPS) is 16.3. The third kappa shape index (κ3) is 3.65. The van der Waals surface area contributed by atoms with Crippen LogP contribution in [-0.2, 0) is 16.6 Å². The molecule has 1 aromatic carbocycles. The smallest absolute Gasteiger partial charge is 0.291 e. The third-order valence-corrected chi connectivity index (χ3v) is 5.64. The fourth-order valence-corrected chi connectivity index (χ4v) is 4.08. The molecule has 2 aromatic heterocycles. The van der Waals surface area contributed by atoms with E-state index in [9.17, 15) is 9.59 Å². The summed E-state index contributed by atoms with van der Waals surface area (Å²) in [6, 6.07) is 7.33. The van der Waals surface area contributed by atoms with Crippen LogP contribution in [0.1, 0.15) is 19.4 Å². The van der Waals surface area contributed by atoms with E-state index in [-0.39, 0.29) is 11.5 Å². The lowest BCUT2D eigenvalue weighted by atomic mass is 10.2. The fraction of sp³-hybridized carbons (Fsp3) is 0.476. The fourth-order valence-electron chi connectivity index (χ4n) is 4.08. The Labute approximate surface area is 169 Å². The van der Waals surface area contributed by atoms with Gasteiger partial charge in [0.25, 0.3) is 5.56 Å². The largest absolute Gasteiger partial charge is 0.379 e. The second-order valence-electron chi connectivity index (χ2n) is 7.39. The zero-order chi connectivity index (χ0) is 20.4. The number of morpholine rings is 1. The highest BCUT2D eigenvalue weighted by atomic mass is 16.5. The van der Waals surface area contributed by atoms with Gasteiger partial charge in [0.1, 0.15) is 11.6 Å². The number of fused-ring (bicyclic) bond motifs is 3. The van der Waals surface area contributed by atoms with Crippen molar-refractivity contribution in [2.24, 2.45) is 7.05 Å². The molecule has 8 nitrogen and oxygen atoms in total. The number of aromatic nitrogens is 3. The van der Waals surface area contributed by atoms with Crippen LogP contribution in [0.2, 0.25) is 0 Å². The van der Waals surface area contributed by atoms with Gasteiger partial charge in [-0.25, -0.2) is 4.68 Å². The molecular weight excluding hydrogens is 370 g/mol. The number of nitrogens with zero attached hydrogens (tertiary/aromatic N) is 4. The molecule has 8 heteroatoms. The van der Waals surface area contributed by atoms with E-state index in [0.717, 1.165) is 49.1 Å². The zero-order valence-corrected chi connectivity index (χ0v) is 16.9. The number of carbonyl (C=O) groups is 1. The Morgan fingerprint density at radius 3 is 2.76 bits per heavy atom. The summed E-state index contributed by atoms with van der Waals surface area (Å²) < 4.78 is 8.57. The van der Waals surface area contributed by atoms with Gasteiger partial charge in [0.2, 0.25) is 5.91 Å². The Morgan fingerprint density at radius 2 is 2.00 bits per heavy atom. The molecule has 0 bridgehead atoms. The van der Waals surface area contributed by atoms with Crippen molar-refractivity contribution < 1.29 is 9.53 Å². The van der Waals surface area contributed by atoms with E-state index in [4.69, 9.17) is 4.74 Å². The van der Waals surface area contributed by atoms with Gasteiger partial charge in [0.05, 0.1) is 24.9 Å². The van der Waals surface area contributed by atoms with E-state index in [1.165, 1.54) is 4.68 Å². The molecule has 3 aromatic rings. The van der Waals surface area contributed by atoms with Gasteiger partial charge >= 0.3 is 0 Å². The van der Waals surface area contributed by atoms with E-state index in [1.54, 1.807) is 13.2 Å². The van der Waals surface area contributed by atoms with Crippen LogP contribution < -0.4 is 10.9 Å². The predicted octanol–water partition coefficient (Wildman–Crippen LogP) is 1.29. The highest BCUT2D eigenvalue weighted by molar-refractivity contribution is 6.08. The van der Waals surface area contributed by atoms with Crippen molar-refractivity contribution >= 4 is 27.7 Å². The molecule has 0 spiro atoms. The topological polar surface area (TPSA) is 81.4 Å². The summed E-state index contributed by atoms with van der Waals surface area (Å²) in [6.45, 7) is 6.61. The van der Waals surface area contributed by atoms with Crippen molar-refractivity contribution in [2.45, 2.75) is 19.4 Å². The lowest BCUT2D eigenvalue weighted by molar-refractivity contribution is -0.124. The van der Waals surface area contributed by atoms with Gasteiger partial charge in [-0.3, -0.25) is 14.5 Å². The number of para-hydroxylation sites is 1. The van der Waals surface area contributed by atoms with Crippen LogP contribution in [0.4, 0.5) is 0 Å². The summed E-state index contributed by atoms with van der Waals surface area (Å²) in [7, 11) is 1.63. The van der Waals surface area contributed by atoms with Gasteiger partial charge in [-0.15, -0.1) is 0 Å². The number of hydrogen-bond donors (Lipinski definition) is 1. The van der Waals surface area contributed by atoms with Crippen molar-refractivity contribution in [3.05, 3.63) is 40.8 Å². The maximum atomic E-state index is 13.1. The molecule has 0 radical (unpaired) electrons. The molecule has 1 amide bonds. The van der Waals surface area contributed by atoms with Gasteiger partial charge in [-0.05, 0) is 12.5 Å². The summed E-state index contributed by atoms with van der Waals surface area (Å²) in [5, 5.41) is 8.96. The quantitative estimate of drug-likeness (QED) is 0.678. The highest BCUT2D eigenvalue weighted by Gasteiger charge is 2.25. The van der Waals surface area contributed by atoms with Gasteiger partial charge in [0, 0.05) is 44.0 Å². The van der Waals surface area contributed by atoms with Crippen molar-refractivity contribution in [1.82, 2.24) is 24.6 Å². The molecule has 1 fully saturated rings. The number of benzene rings is 1. The summed E-state index contributed by atoms with van der Waals surface area (Å²) in [5.41, 5.74) is 1.21. The lowest BCUT2D eigenvalue weighted by Gasteiger charge is -2.27. The van der Waals surface area contributed by atoms with Crippen LogP contribution in [0.25, 0.3) is 21.8 Å². The van der Waals surface area contributed by atoms with Crippen molar-refractivity contribution in [2.75, 3.05) is 39.4 Å². The number of nitrogens with one attached hydrogen (secondary N) is 1. The number of ether oxygens (including phenoxy) is 1. The Bertz CT molecular complexity index is 1080. The van der Waals surface area contributed by atoms with Crippen LogP contribution in [0, 0.1) is 0 Å². The number of hydrogen-bond acceptors (Lipinski definition) is 5. The van der Waals surface area contributed by atoms with Gasteiger partial charge in [-0.1, -0.05) is 25.1 Å². The molecule has 0 saturated carbocycles. The van der Waals surface area contributed by atoms with Gasteiger partial charge < -0.3 is 14.6 Å². The van der Waals surface area contributed by atoms with Crippen molar-refractivity contribution in [3.8, 4) is 0 Å². The van der Waals surface area contributed by atoms with E-state index in [0.29, 0.717) is 18.5 Å². The highest BCUT2D eigenvalue weighted by Crippen LogP contribution is 2.30. The minimum Gasteiger partial charge on any atom is -0.379 e. The Morgan fingerprint density at radius 1 is 1.24 bits per heavy atom. The maximum absolute atomic E-state index is 13.1. The number of amides is 1. The Balaban J connectivity index is 1.66. The summed E-state index contributed by atoms with van der Waals surface area (Å²) in [6.07, 6.45) is 2.29. The SMILES string of the molecule is CC[C@H](C(=O)NCCN1CCOCC1)n1c2ccccc2c2cnn(C)c(=O)c21. The number of rotatable bonds is 6. The molecule has 1 atom stereocenters. The summed E-state index contributed by atoms with van der Waals surface area (Å²) in [4.78, 5) is 28.3. The van der Waals surface area contributed by atoms with Gasteiger partial charge in [0.15, 0.2) is 0 Å². The first-order valence-electron chi connectivity index (χ1n) is 10.1. The van der Waals surface area contributed by atoms with Gasteiger partial charge in [-0.2, -0.15) is 5.10 Å².